The number of benzene rings is 2. The van der Waals surface area contributed by atoms with Crippen molar-refractivity contribution in [2.24, 2.45) is 0 Å². The van der Waals surface area contributed by atoms with Crippen LogP contribution in [0.3, 0.4) is 0 Å². The molecule has 1 amide bonds. The van der Waals surface area contributed by atoms with Crippen LogP contribution in [-0.2, 0) is 9.59 Å². The van der Waals surface area contributed by atoms with Gasteiger partial charge in [-0.25, -0.2) is 0 Å². The van der Waals surface area contributed by atoms with E-state index in [4.69, 9.17) is 14.2 Å². The number of likely N-dealkylation sites (tertiary alicyclic amines) is 1. The average molecular weight is 539 g/mol. The van der Waals surface area contributed by atoms with Crippen LogP contribution in [0.1, 0.15) is 64.1 Å². The molecule has 0 radical (unpaired) electrons. The number of Topliss-reactive ketones (excluding diaryl/α,β-unsaturated/α-hetero) is 1. The number of unbranched alkanes of at least 4 members (excludes halogenated alkanes) is 1. The molecule has 8 heteroatoms. The van der Waals surface area contributed by atoms with Crippen molar-refractivity contribution < 1.29 is 28.9 Å². The molecule has 0 aromatic heterocycles. The van der Waals surface area contributed by atoms with Gasteiger partial charge in [-0.3, -0.25) is 9.59 Å². The van der Waals surface area contributed by atoms with Crippen molar-refractivity contribution in [1.29, 1.82) is 0 Å². The number of aliphatic hydroxyl groups excluding tert-OH is 1. The van der Waals surface area contributed by atoms with Gasteiger partial charge in [0.15, 0.2) is 11.5 Å². The molecule has 0 saturated carbocycles. The predicted octanol–water partition coefficient (Wildman–Crippen LogP) is 5.43. The molecule has 1 unspecified atom stereocenters. The molecule has 1 fully saturated rings. The highest BCUT2D eigenvalue weighted by Crippen LogP contribution is 2.42. The van der Waals surface area contributed by atoms with Gasteiger partial charge in [0.2, 0.25) is 0 Å². The van der Waals surface area contributed by atoms with Gasteiger partial charge in [-0.15, -0.1) is 0 Å². The Hall–Kier alpha value is -3.52. The van der Waals surface area contributed by atoms with E-state index < -0.39 is 17.7 Å². The Kier molecular flexibility index (Phi) is 11.2. The van der Waals surface area contributed by atoms with Gasteiger partial charge < -0.3 is 29.1 Å². The third-order valence-corrected chi connectivity index (χ3v) is 7.01. The number of rotatable bonds is 15. The van der Waals surface area contributed by atoms with Crippen molar-refractivity contribution in [3.05, 3.63) is 59.2 Å². The third-order valence-electron chi connectivity index (χ3n) is 7.01. The topological polar surface area (TPSA) is 88.5 Å². The number of hydrogen-bond donors (Lipinski definition) is 1. The van der Waals surface area contributed by atoms with Crippen molar-refractivity contribution in [1.82, 2.24) is 9.80 Å². The molecule has 2 aromatic carbocycles. The van der Waals surface area contributed by atoms with Crippen LogP contribution in [0.25, 0.3) is 5.76 Å². The van der Waals surface area contributed by atoms with Crippen LogP contribution >= 0.6 is 0 Å². The molecular formula is C31H42N2O6. The van der Waals surface area contributed by atoms with Crippen molar-refractivity contribution in [3.63, 3.8) is 0 Å². The SMILES string of the molecule is CCCCOc1ccc(/C(O)=C2/C(=O)C(=O)N(CCCN(CC)CC)C2c2ccc(OCC)c(OC)c2)cc1. The first-order chi connectivity index (χ1) is 18.9. The van der Waals surface area contributed by atoms with E-state index in [0.717, 1.165) is 32.5 Å². The lowest BCUT2D eigenvalue weighted by molar-refractivity contribution is -0.140. The molecule has 1 aliphatic rings. The summed E-state index contributed by atoms with van der Waals surface area (Å²) in [6, 6.07) is 11.6. The second-order valence-electron chi connectivity index (χ2n) is 9.44. The number of carbonyl (C=O) groups is 2. The Balaban J connectivity index is 2.02. The average Bonchev–Trinajstić information content (AvgIpc) is 3.21. The first kappa shape index (κ1) is 30.0. The first-order valence-electron chi connectivity index (χ1n) is 13.9. The second kappa shape index (κ2) is 14.6. The Morgan fingerprint density at radius 2 is 1.67 bits per heavy atom. The summed E-state index contributed by atoms with van der Waals surface area (Å²) in [5, 5.41) is 11.4. The zero-order chi connectivity index (χ0) is 28.4. The molecule has 212 valence electrons. The highest BCUT2D eigenvalue weighted by atomic mass is 16.5. The van der Waals surface area contributed by atoms with Gasteiger partial charge in [-0.2, -0.15) is 0 Å². The van der Waals surface area contributed by atoms with Crippen LogP contribution in [-0.4, -0.2) is 73.1 Å². The summed E-state index contributed by atoms with van der Waals surface area (Å²) in [6.45, 7) is 12.3. The van der Waals surface area contributed by atoms with Crippen LogP contribution in [0.4, 0.5) is 0 Å². The van der Waals surface area contributed by atoms with E-state index >= 15 is 0 Å². The van der Waals surface area contributed by atoms with Crippen LogP contribution in [0.15, 0.2) is 48.0 Å². The maximum Gasteiger partial charge on any atom is 0.295 e. The Morgan fingerprint density at radius 1 is 0.949 bits per heavy atom. The number of methoxy groups -OCH3 is 1. The number of aliphatic hydroxyl groups is 1. The van der Waals surface area contributed by atoms with Crippen LogP contribution < -0.4 is 14.2 Å². The highest BCUT2D eigenvalue weighted by Gasteiger charge is 2.46. The van der Waals surface area contributed by atoms with Crippen LogP contribution in [0.2, 0.25) is 0 Å². The summed E-state index contributed by atoms with van der Waals surface area (Å²) in [6.07, 6.45) is 2.68. The van der Waals surface area contributed by atoms with E-state index in [1.165, 1.54) is 0 Å². The first-order valence-corrected chi connectivity index (χ1v) is 13.9. The van der Waals surface area contributed by atoms with Gasteiger partial charge in [0.05, 0.1) is 31.9 Å². The van der Waals surface area contributed by atoms with Gasteiger partial charge in [-0.05, 0) is 81.4 Å². The minimum absolute atomic E-state index is 0.0636. The van der Waals surface area contributed by atoms with Gasteiger partial charge >= 0.3 is 0 Å². The van der Waals surface area contributed by atoms with Crippen molar-refractivity contribution >= 4 is 17.4 Å². The Labute approximate surface area is 232 Å². The molecule has 1 aliphatic heterocycles. The predicted molar refractivity (Wildman–Crippen MR) is 152 cm³/mol. The lowest BCUT2D eigenvalue weighted by Gasteiger charge is -2.27. The fourth-order valence-electron chi connectivity index (χ4n) is 4.79. The third kappa shape index (κ3) is 7.12. The van der Waals surface area contributed by atoms with E-state index in [0.29, 0.717) is 54.6 Å². The molecule has 0 bridgehead atoms. The molecule has 3 rings (SSSR count). The molecule has 1 N–H and O–H groups in total. The summed E-state index contributed by atoms with van der Waals surface area (Å²) in [5.41, 5.74) is 1.17. The number of ketones is 1. The van der Waals surface area contributed by atoms with Gasteiger partial charge in [0, 0.05) is 12.1 Å². The Bertz CT molecular complexity index is 1140. The van der Waals surface area contributed by atoms with Crippen molar-refractivity contribution in [2.45, 2.75) is 53.0 Å². The fraction of sp³-hybridized carbons (Fsp3) is 0.484. The summed E-state index contributed by atoms with van der Waals surface area (Å²) in [5.74, 6) is 0.227. The highest BCUT2D eigenvalue weighted by molar-refractivity contribution is 6.46. The zero-order valence-corrected chi connectivity index (χ0v) is 23.9. The second-order valence-corrected chi connectivity index (χ2v) is 9.44. The zero-order valence-electron chi connectivity index (χ0n) is 23.9. The van der Waals surface area contributed by atoms with Crippen molar-refractivity contribution in [3.8, 4) is 17.2 Å². The molecule has 2 aromatic rings. The molecule has 1 atom stereocenters. The quantitative estimate of drug-likeness (QED) is 0.140. The summed E-state index contributed by atoms with van der Waals surface area (Å²) >= 11 is 0. The van der Waals surface area contributed by atoms with Gasteiger partial charge in [0.25, 0.3) is 11.7 Å². The lowest BCUT2D eigenvalue weighted by atomic mass is 9.95. The van der Waals surface area contributed by atoms with Gasteiger partial charge in [0.1, 0.15) is 11.5 Å². The molecular weight excluding hydrogens is 496 g/mol. The fourth-order valence-corrected chi connectivity index (χ4v) is 4.79. The largest absolute Gasteiger partial charge is 0.507 e. The smallest absolute Gasteiger partial charge is 0.295 e. The maximum absolute atomic E-state index is 13.4. The molecule has 0 spiro atoms. The number of amides is 1. The summed E-state index contributed by atoms with van der Waals surface area (Å²) in [4.78, 5) is 30.5. The van der Waals surface area contributed by atoms with Crippen molar-refractivity contribution in [2.75, 3.05) is 46.5 Å². The van der Waals surface area contributed by atoms with Crippen LogP contribution in [0, 0.1) is 0 Å². The normalized spacial score (nSPS) is 16.7. The Morgan fingerprint density at radius 3 is 2.28 bits per heavy atom. The van der Waals surface area contributed by atoms with E-state index in [1.807, 2.05) is 13.0 Å². The number of nitrogens with zero attached hydrogens (tertiary/aromatic N) is 2. The molecule has 1 saturated heterocycles. The number of carbonyl (C=O) groups excluding carboxylic acids is 2. The van der Waals surface area contributed by atoms with Gasteiger partial charge in [-0.1, -0.05) is 33.3 Å². The van der Waals surface area contributed by atoms with E-state index in [-0.39, 0.29) is 11.3 Å². The number of hydrogen-bond acceptors (Lipinski definition) is 7. The van der Waals surface area contributed by atoms with E-state index in [2.05, 4.69) is 25.7 Å². The lowest BCUT2D eigenvalue weighted by Crippen LogP contribution is -2.33. The molecule has 1 heterocycles. The monoisotopic (exact) mass is 538 g/mol. The number of ether oxygens (including phenoxy) is 3. The summed E-state index contributed by atoms with van der Waals surface area (Å²) < 4.78 is 17.0. The molecule has 39 heavy (non-hydrogen) atoms. The maximum atomic E-state index is 13.4. The van der Waals surface area contributed by atoms with E-state index in [1.54, 1.807) is 48.4 Å². The minimum atomic E-state index is -0.758. The molecule has 0 aliphatic carbocycles. The minimum Gasteiger partial charge on any atom is -0.507 e. The molecule has 8 nitrogen and oxygen atoms in total. The standard InChI is InChI=1S/C31H42N2O6/c1-6-10-20-39-24-15-12-22(13-16-24)29(34)27-28(23-14-17-25(38-9-4)26(21-23)37-5)33(31(36)30(27)35)19-11-18-32(7-2)8-3/h12-17,21,28,34H,6-11,18-20H2,1-5H3/b29-27-. The summed E-state index contributed by atoms with van der Waals surface area (Å²) in [7, 11) is 1.55. The van der Waals surface area contributed by atoms with Crippen LogP contribution in [0.5, 0.6) is 17.2 Å². The van der Waals surface area contributed by atoms with E-state index in [9.17, 15) is 14.7 Å².